The van der Waals surface area contributed by atoms with E-state index in [4.69, 9.17) is 4.74 Å². The van der Waals surface area contributed by atoms with Crippen LogP contribution in [0, 0.1) is 17.0 Å². The SMILES string of the molecule is Cc1ccc(SCCNC(=O)COC(=O)c2ccc(NC3CC3)c([N+](=O)[O-])c2)cc1. The molecule has 2 N–H and O–H groups in total. The molecule has 1 fully saturated rings. The van der Waals surface area contributed by atoms with Crippen molar-refractivity contribution in [3.63, 3.8) is 0 Å². The van der Waals surface area contributed by atoms with Crippen molar-refractivity contribution in [2.45, 2.75) is 30.7 Å². The Morgan fingerprint density at radius 3 is 2.60 bits per heavy atom. The zero-order chi connectivity index (χ0) is 21.5. The molecule has 9 heteroatoms. The highest BCUT2D eigenvalue weighted by atomic mass is 32.2. The molecular weight excluding hydrogens is 406 g/mol. The van der Waals surface area contributed by atoms with Gasteiger partial charge in [-0.05, 0) is 44.0 Å². The van der Waals surface area contributed by atoms with Crippen molar-refractivity contribution in [2.75, 3.05) is 24.2 Å². The van der Waals surface area contributed by atoms with Gasteiger partial charge in [-0.15, -0.1) is 11.8 Å². The van der Waals surface area contributed by atoms with E-state index in [0.717, 1.165) is 17.7 Å². The number of nitrogens with one attached hydrogen (secondary N) is 2. The van der Waals surface area contributed by atoms with Crippen LogP contribution in [0.1, 0.15) is 28.8 Å². The summed E-state index contributed by atoms with van der Waals surface area (Å²) in [6.45, 7) is 2.01. The van der Waals surface area contributed by atoms with Crippen LogP contribution in [0.3, 0.4) is 0 Å². The number of thioether (sulfide) groups is 1. The number of carbonyl (C=O) groups excluding carboxylic acids is 2. The molecule has 1 amide bonds. The number of nitro groups is 1. The third-order valence-electron chi connectivity index (χ3n) is 4.42. The predicted octanol–water partition coefficient (Wildman–Crippen LogP) is 3.54. The van der Waals surface area contributed by atoms with Gasteiger partial charge < -0.3 is 15.4 Å². The molecule has 0 atom stereocenters. The van der Waals surface area contributed by atoms with E-state index in [0.29, 0.717) is 18.0 Å². The van der Waals surface area contributed by atoms with Crippen LogP contribution in [-0.4, -0.2) is 41.7 Å². The quantitative estimate of drug-likeness (QED) is 0.195. The maximum absolute atomic E-state index is 12.2. The van der Waals surface area contributed by atoms with Crippen molar-refractivity contribution >= 4 is 35.0 Å². The zero-order valence-electron chi connectivity index (χ0n) is 16.6. The number of aryl methyl sites for hydroxylation is 1. The summed E-state index contributed by atoms with van der Waals surface area (Å²) in [5.74, 6) is -0.514. The van der Waals surface area contributed by atoms with Gasteiger partial charge in [0.15, 0.2) is 6.61 Å². The van der Waals surface area contributed by atoms with Gasteiger partial charge in [0.2, 0.25) is 0 Å². The molecule has 3 rings (SSSR count). The number of anilines is 1. The van der Waals surface area contributed by atoms with Crippen molar-refractivity contribution in [1.82, 2.24) is 5.32 Å². The molecule has 2 aromatic rings. The van der Waals surface area contributed by atoms with E-state index in [2.05, 4.69) is 10.6 Å². The lowest BCUT2D eigenvalue weighted by Crippen LogP contribution is -2.30. The number of ether oxygens (including phenoxy) is 1. The lowest BCUT2D eigenvalue weighted by Gasteiger charge is -2.09. The molecule has 0 saturated heterocycles. The second-order valence-corrected chi connectivity index (χ2v) is 8.16. The predicted molar refractivity (Wildman–Crippen MR) is 115 cm³/mol. The number of nitrogens with zero attached hydrogens (tertiary/aromatic N) is 1. The first-order chi connectivity index (χ1) is 14.4. The molecule has 0 unspecified atom stereocenters. The smallest absolute Gasteiger partial charge is 0.338 e. The van der Waals surface area contributed by atoms with E-state index >= 15 is 0 Å². The molecule has 0 heterocycles. The summed E-state index contributed by atoms with van der Waals surface area (Å²) in [6.07, 6.45) is 1.94. The Hall–Kier alpha value is -3.07. The van der Waals surface area contributed by atoms with Crippen molar-refractivity contribution in [2.24, 2.45) is 0 Å². The van der Waals surface area contributed by atoms with Crippen molar-refractivity contribution in [3.05, 3.63) is 63.7 Å². The number of carbonyl (C=O) groups is 2. The number of hydrogen-bond acceptors (Lipinski definition) is 7. The third-order valence-corrected chi connectivity index (χ3v) is 5.43. The lowest BCUT2D eigenvalue weighted by molar-refractivity contribution is -0.384. The molecule has 0 bridgehead atoms. The number of rotatable bonds is 10. The van der Waals surface area contributed by atoms with E-state index in [1.165, 1.54) is 23.8 Å². The Bertz CT molecular complexity index is 929. The topological polar surface area (TPSA) is 111 Å². The van der Waals surface area contributed by atoms with Crippen LogP contribution in [0.2, 0.25) is 0 Å². The summed E-state index contributed by atoms with van der Waals surface area (Å²) in [4.78, 5) is 35.9. The summed E-state index contributed by atoms with van der Waals surface area (Å²) >= 11 is 1.61. The standard InChI is InChI=1S/C21H23N3O5S/c1-14-2-7-17(8-3-14)30-11-10-22-20(25)13-29-21(26)15-4-9-18(23-16-5-6-16)19(12-15)24(27)28/h2-4,7-9,12,16,23H,5-6,10-11,13H2,1H3,(H,22,25). The highest BCUT2D eigenvalue weighted by Crippen LogP contribution is 2.31. The van der Waals surface area contributed by atoms with Gasteiger partial charge in [-0.1, -0.05) is 17.7 Å². The fraction of sp³-hybridized carbons (Fsp3) is 0.333. The number of hydrogen-bond donors (Lipinski definition) is 2. The molecule has 1 aliphatic rings. The normalized spacial score (nSPS) is 12.8. The van der Waals surface area contributed by atoms with Crippen LogP contribution in [0.15, 0.2) is 47.4 Å². The van der Waals surface area contributed by atoms with Gasteiger partial charge in [0.1, 0.15) is 5.69 Å². The number of esters is 1. The Labute approximate surface area is 178 Å². The Morgan fingerprint density at radius 1 is 1.20 bits per heavy atom. The van der Waals surface area contributed by atoms with Gasteiger partial charge >= 0.3 is 5.97 Å². The minimum atomic E-state index is -0.778. The molecule has 0 aliphatic heterocycles. The minimum Gasteiger partial charge on any atom is -0.452 e. The van der Waals surface area contributed by atoms with Crippen molar-refractivity contribution in [1.29, 1.82) is 0 Å². The highest BCUT2D eigenvalue weighted by Gasteiger charge is 2.26. The Balaban J connectivity index is 1.42. The monoisotopic (exact) mass is 429 g/mol. The summed E-state index contributed by atoms with van der Waals surface area (Å²) in [5, 5.41) is 17.0. The second kappa shape index (κ2) is 10.1. The van der Waals surface area contributed by atoms with Gasteiger partial charge in [-0.2, -0.15) is 0 Å². The van der Waals surface area contributed by atoms with Crippen LogP contribution in [0.5, 0.6) is 0 Å². The van der Waals surface area contributed by atoms with Gasteiger partial charge in [0.25, 0.3) is 11.6 Å². The average molecular weight is 429 g/mol. The first-order valence-electron chi connectivity index (χ1n) is 9.60. The van der Waals surface area contributed by atoms with Gasteiger partial charge in [-0.3, -0.25) is 14.9 Å². The fourth-order valence-corrected chi connectivity index (χ4v) is 3.41. The molecule has 2 aromatic carbocycles. The maximum atomic E-state index is 12.2. The lowest BCUT2D eigenvalue weighted by atomic mass is 10.1. The molecule has 8 nitrogen and oxygen atoms in total. The van der Waals surface area contributed by atoms with E-state index in [1.807, 2.05) is 31.2 Å². The Morgan fingerprint density at radius 2 is 1.93 bits per heavy atom. The molecule has 158 valence electrons. The highest BCUT2D eigenvalue weighted by molar-refractivity contribution is 7.99. The average Bonchev–Trinajstić information content (AvgIpc) is 3.55. The van der Waals surface area contributed by atoms with Crippen molar-refractivity contribution in [3.8, 4) is 0 Å². The summed E-state index contributed by atoms with van der Waals surface area (Å²) in [5.41, 5.74) is 1.41. The number of amides is 1. The zero-order valence-corrected chi connectivity index (χ0v) is 17.4. The molecule has 1 aliphatic carbocycles. The van der Waals surface area contributed by atoms with Crippen LogP contribution in [-0.2, 0) is 9.53 Å². The van der Waals surface area contributed by atoms with Gasteiger partial charge in [0, 0.05) is 29.3 Å². The maximum Gasteiger partial charge on any atom is 0.338 e. The summed E-state index contributed by atoms with van der Waals surface area (Å²) in [6, 6.07) is 12.5. The number of nitro benzene ring substituents is 1. The first kappa shape index (κ1) is 21.6. The van der Waals surface area contributed by atoms with Crippen LogP contribution >= 0.6 is 11.8 Å². The van der Waals surface area contributed by atoms with Crippen LogP contribution in [0.4, 0.5) is 11.4 Å². The molecule has 0 spiro atoms. The Kier molecular flexibility index (Phi) is 7.29. The van der Waals surface area contributed by atoms with E-state index in [1.54, 1.807) is 11.8 Å². The van der Waals surface area contributed by atoms with Crippen LogP contribution in [0.25, 0.3) is 0 Å². The van der Waals surface area contributed by atoms with Gasteiger partial charge in [0.05, 0.1) is 10.5 Å². The molecular formula is C21H23N3O5S. The van der Waals surface area contributed by atoms with Crippen LogP contribution < -0.4 is 10.6 Å². The van der Waals surface area contributed by atoms with E-state index in [-0.39, 0.29) is 17.3 Å². The molecule has 1 saturated carbocycles. The molecule has 0 aromatic heterocycles. The minimum absolute atomic E-state index is 0.0331. The van der Waals surface area contributed by atoms with Gasteiger partial charge in [-0.25, -0.2) is 4.79 Å². The summed E-state index contributed by atoms with van der Waals surface area (Å²) < 4.78 is 4.99. The molecule has 0 radical (unpaired) electrons. The third kappa shape index (κ3) is 6.48. The number of benzene rings is 2. The fourth-order valence-electron chi connectivity index (χ4n) is 2.64. The largest absolute Gasteiger partial charge is 0.452 e. The van der Waals surface area contributed by atoms with Crippen molar-refractivity contribution < 1.29 is 19.2 Å². The first-order valence-corrected chi connectivity index (χ1v) is 10.6. The molecule has 30 heavy (non-hydrogen) atoms. The second-order valence-electron chi connectivity index (χ2n) is 7.00. The van der Waals surface area contributed by atoms with E-state index < -0.39 is 23.4 Å². The summed E-state index contributed by atoms with van der Waals surface area (Å²) in [7, 11) is 0. The van der Waals surface area contributed by atoms with E-state index in [9.17, 15) is 19.7 Å².